The molecular weight excluding hydrogens is 352 g/mol. The fourth-order valence-electron chi connectivity index (χ4n) is 1.92. The summed E-state index contributed by atoms with van der Waals surface area (Å²) in [6.07, 6.45) is 2.78. The zero-order chi connectivity index (χ0) is 16.7. The van der Waals surface area contributed by atoms with Crippen LogP contribution in [0.5, 0.6) is 0 Å². The molecule has 0 radical (unpaired) electrons. The average Bonchev–Trinajstić information content (AvgIpc) is 3.16. The predicted octanol–water partition coefficient (Wildman–Crippen LogP) is 1.52. The molecule has 0 saturated heterocycles. The minimum Gasteiger partial charge on any atom is -0.459 e. The Bertz CT molecular complexity index is 671. The number of nitrogens with one attached hydrogen (secondary N) is 2. The molecule has 2 heterocycles. The van der Waals surface area contributed by atoms with Crippen molar-refractivity contribution in [2.24, 2.45) is 5.73 Å². The van der Waals surface area contributed by atoms with Crippen LogP contribution >= 0.6 is 23.7 Å². The molecule has 0 atom stereocenters. The molecule has 0 bridgehead atoms. The topological polar surface area (TPSA) is 110 Å². The Labute approximate surface area is 150 Å². The third-order valence-electron chi connectivity index (χ3n) is 3.14. The lowest BCUT2D eigenvalue weighted by Gasteiger charge is -2.05. The summed E-state index contributed by atoms with van der Waals surface area (Å²) in [5.74, 6) is -0.133. The van der Waals surface area contributed by atoms with Crippen LogP contribution in [-0.4, -0.2) is 36.4 Å². The number of carbonyl (C=O) groups is 2. The van der Waals surface area contributed by atoms with Crippen LogP contribution in [0.1, 0.15) is 38.0 Å². The molecule has 132 valence electrons. The first-order valence-electron chi connectivity index (χ1n) is 7.36. The third kappa shape index (κ3) is 5.63. The van der Waals surface area contributed by atoms with Crippen molar-refractivity contribution in [3.05, 3.63) is 39.7 Å². The number of hydrogen-bond acceptors (Lipinski definition) is 6. The van der Waals surface area contributed by atoms with Gasteiger partial charge >= 0.3 is 0 Å². The number of thiazole rings is 1. The fourth-order valence-corrected chi connectivity index (χ4v) is 2.72. The highest BCUT2D eigenvalue weighted by Gasteiger charge is 2.12. The Morgan fingerprint density at radius 2 is 2.00 bits per heavy atom. The second kappa shape index (κ2) is 10.1. The minimum absolute atomic E-state index is 0. The van der Waals surface area contributed by atoms with E-state index in [0.29, 0.717) is 43.9 Å². The first-order valence-corrected chi connectivity index (χ1v) is 8.24. The molecule has 0 spiro atoms. The van der Waals surface area contributed by atoms with Gasteiger partial charge in [-0.3, -0.25) is 9.59 Å². The van der Waals surface area contributed by atoms with Crippen molar-refractivity contribution in [1.82, 2.24) is 15.6 Å². The SMILES string of the molecule is Cc1ccoc1C(=O)NCCCNC(=O)c1csc(CCN)n1.Cl. The van der Waals surface area contributed by atoms with Gasteiger partial charge < -0.3 is 20.8 Å². The second-order valence-corrected chi connectivity index (χ2v) is 5.91. The summed E-state index contributed by atoms with van der Waals surface area (Å²) in [4.78, 5) is 27.9. The average molecular weight is 373 g/mol. The van der Waals surface area contributed by atoms with Crippen molar-refractivity contribution in [3.8, 4) is 0 Å². The summed E-state index contributed by atoms with van der Waals surface area (Å²) in [7, 11) is 0. The van der Waals surface area contributed by atoms with Gasteiger partial charge in [0.25, 0.3) is 11.8 Å². The monoisotopic (exact) mass is 372 g/mol. The number of nitrogens with two attached hydrogens (primary N) is 1. The van der Waals surface area contributed by atoms with E-state index in [9.17, 15) is 9.59 Å². The molecule has 0 fully saturated rings. The second-order valence-electron chi connectivity index (χ2n) is 4.96. The Hall–Kier alpha value is -1.90. The van der Waals surface area contributed by atoms with E-state index in [1.54, 1.807) is 11.4 Å². The highest BCUT2D eigenvalue weighted by atomic mass is 35.5. The molecular formula is C15H21ClN4O3S. The molecule has 2 amide bonds. The molecule has 0 unspecified atom stereocenters. The van der Waals surface area contributed by atoms with E-state index < -0.39 is 0 Å². The lowest BCUT2D eigenvalue weighted by atomic mass is 10.2. The Balaban J connectivity index is 0.00000288. The van der Waals surface area contributed by atoms with Crippen LogP contribution in [0.25, 0.3) is 0 Å². The van der Waals surface area contributed by atoms with Gasteiger partial charge in [0.05, 0.1) is 11.3 Å². The molecule has 2 aromatic heterocycles. The number of hydrogen-bond donors (Lipinski definition) is 3. The van der Waals surface area contributed by atoms with Gasteiger partial charge in [0.15, 0.2) is 5.76 Å². The number of carbonyl (C=O) groups excluding carboxylic acids is 2. The van der Waals surface area contributed by atoms with Crippen molar-refractivity contribution < 1.29 is 14.0 Å². The van der Waals surface area contributed by atoms with E-state index in [1.807, 2.05) is 6.92 Å². The molecule has 0 saturated carbocycles. The number of halogens is 1. The van der Waals surface area contributed by atoms with Gasteiger partial charge in [0, 0.05) is 30.5 Å². The van der Waals surface area contributed by atoms with Crippen molar-refractivity contribution >= 4 is 35.6 Å². The Morgan fingerprint density at radius 3 is 2.62 bits per heavy atom. The third-order valence-corrected chi connectivity index (χ3v) is 4.04. The summed E-state index contributed by atoms with van der Waals surface area (Å²) in [6.45, 7) is 3.24. The first kappa shape index (κ1) is 20.1. The van der Waals surface area contributed by atoms with Crippen LogP contribution in [0.15, 0.2) is 22.1 Å². The molecule has 0 aromatic carbocycles. The highest BCUT2D eigenvalue weighted by Crippen LogP contribution is 2.10. The zero-order valence-corrected chi connectivity index (χ0v) is 15.0. The van der Waals surface area contributed by atoms with Crippen LogP contribution < -0.4 is 16.4 Å². The highest BCUT2D eigenvalue weighted by molar-refractivity contribution is 7.09. The molecule has 2 aromatic rings. The maximum absolute atomic E-state index is 11.9. The molecule has 2 rings (SSSR count). The van der Waals surface area contributed by atoms with Gasteiger partial charge in [0.1, 0.15) is 5.69 Å². The number of nitrogens with zero attached hydrogens (tertiary/aromatic N) is 1. The van der Waals surface area contributed by atoms with E-state index in [0.717, 1.165) is 10.6 Å². The summed E-state index contributed by atoms with van der Waals surface area (Å²) >= 11 is 1.43. The van der Waals surface area contributed by atoms with E-state index in [1.165, 1.54) is 17.6 Å². The van der Waals surface area contributed by atoms with Crippen molar-refractivity contribution in [2.75, 3.05) is 19.6 Å². The maximum Gasteiger partial charge on any atom is 0.287 e. The number of aromatic nitrogens is 1. The van der Waals surface area contributed by atoms with Crippen LogP contribution in [-0.2, 0) is 6.42 Å². The zero-order valence-electron chi connectivity index (χ0n) is 13.3. The van der Waals surface area contributed by atoms with Gasteiger partial charge in [-0.1, -0.05) is 0 Å². The summed E-state index contributed by atoms with van der Waals surface area (Å²) in [5, 5.41) is 8.11. The fraction of sp³-hybridized carbons (Fsp3) is 0.400. The van der Waals surface area contributed by atoms with E-state index in [4.69, 9.17) is 10.2 Å². The van der Waals surface area contributed by atoms with Gasteiger partial charge in [-0.2, -0.15) is 0 Å². The number of furan rings is 1. The predicted molar refractivity (Wildman–Crippen MR) is 94.8 cm³/mol. The van der Waals surface area contributed by atoms with Crippen LogP contribution in [0, 0.1) is 6.92 Å². The largest absolute Gasteiger partial charge is 0.459 e. The normalized spacial score (nSPS) is 10.1. The molecule has 9 heteroatoms. The van der Waals surface area contributed by atoms with E-state index >= 15 is 0 Å². The quantitative estimate of drug-likeness (QED) is 0.608. The van der Waals surface area contributed by atoms with Gasteiger partial charge in [-0.15, -0.1) is 23.7 Å². The van der Waals surface area contributed by atoms with E-state index in [-0.39, 0.29) is 24.2 Å². The number of rotatable bonds is 8. The number of aryl methyl sites for hydroxylation is 1. The van der Waals surface area contributed by atoms with Crippen molar-refractivity contribution in [2.45, 2.75) is 19.8 Å². The molecule has 0 aliphatic heterocycles. The molecule has 0 aliphatic carbocycles. The Kier molecular flexibility index (Phi) is 8.45. The van der Waals surface area contributed by atoms with Crippen LogP contribution in [0.3, 0.4) is 0 Å². The smallest absolute Gasteiger partial charge is 0.287 e. The van der Waals surface area contributed by atoms with Crippen LogP contribution in [0.4, 0.5) is 0 Å². The molecule has 7 nitrogen and oxygen atoms in total. The van der Waals surface area contributed by atoms with Gasteiger partial charge in [-0.25, -0.2) is 4.98 Å². The molecule has 4 N–H and O–H groups in total. The summed E-state index contributed by atoms with van der Waals surface area (Å²) < 4.78 is 5.10. The standard InChI is InChI=1S/C15H20N4O3S.ClH/c1-10-4-8-22-13(10)15(21)18-7-2-6-17-14(20)11-9-23-12(19-11)3-5-16;/h4,8-9H,2-3,5-7,16H2,1H3,(H,17,20)(H,18,21);1H. The van der Waals surface area contributed by atoms with E-state index in [2.05, 4.69) is 15.6 Å². The molecule has 0 aliphatic rings. The minimum atomic E-state index is -0.246. The lowest BCUT2D eigenvalue weighted by Crippen LogP contribution is -2.30. The van der Waals surface area contributed by atoms with Gasteiger partial charge in [-0.05, 0) is 26.0 Å². The first-order chi connectivity index (χ1) is 11.1. The molecule has 24 heavy (non-hydrogen) atoms. The maximum atomic E-state index is 11.9. The lowest BCUT2D eigenvalue weighted by molar-refractivity contribution is 0.0924. The Morgan fingerprint density at radius 1 is 1.29 bits per heavy atom. The summed E-state index contributed by atoms with van der Waals surface area (Å²) in [5.41, 5.74) is 6.66. The summed E-state index contributed by atoms with van der Waals surface area (Å²) in [6, 6.07) is 1.74. The van der Waals surface area contributed by atoms with Gasteiger partial charge in [0.2, 0.25) is 0 Å². The van der Waals surface area contributed by atoms with Crippen molar-refractivity contribution in [1.29, 1.82) is 0 Å². The van der Waals surface area contributed by atoms with Crippen molar-refractivity contribution in [3.63, 3.8) is 0 Å². The number of amides is 2. The van der Waals surface area contributed by atoms with Crippen LogP contribution in [0.2, 0.25) is 0 Å².